The first-order chi connectivity index (χ1) is 9.94. The third kappa shape index (κ3) is 4.02. The molecule has 1 heterocycles. The van der Waals surface area contributed by atoms with Crippen LogP contribution in [0.1, 0.15) is 10.4 Å². The molecule has 0 radical (unpaired) electrons. The Kier molecular flexibility index (Phi) is 5.34. The Bertz CT molecular complexity index is 732. The third-order valence-electron chi connectivity index (χ3n) is 2.78. The first-order valence-corrected chi connectivity index (χ1v) is 8.82. The Morgan fingerprint density at radius 1 is 1.29 bits per heavy atom. The smallest absolute Gasteiger partial charge is 0.242 e. The number of hydrogen-bond donors (Lipinski definition) is 2. The summed E-state index contributed by atoms with van der Waals surface area (Å²) in [6, 6.07) is 5.67. The first kappa shape index (κ1) is 16.4. The average molecular weight is 349 g/mol. The molecule has 8 heteroatoms. The van der Waals surface area contributed by atoms with Crippen molar-refractivity contribution in [1.29, 1.82) is 0 Å². The summed E-state index contributed by atoms with van der Waals surface area (Å²) < 4.78 is 40.1. The van der Waals surface area contributed by atoms with E-state index in [9.17, 15) is 12.8 Å². The van der Waals surface area contributed by atoms with Crippen LogP contribution in [0.25, 0.3) is 0 Å². The molecule has 0 amide bonds. The molecule has 0 saturated carbocycles. The molecule has 1 aromatic carbocycles. The molecule has 0 atom stereocenters. The van der Waals surface area contributed by atoms with Gasteiger partial charge in [0.05, 0.1) is 9.92 Å². The maximum atomic E-state index is 13.1. The molecule has 0 aliphatic carbocycles. The van der Waals surface area contributed by atoms with E-state index in [0.29, 0.717) is 12.1 Å². The van der Waals surface area contributed by atoms with E-state index in [1.807, 2.05) is 0 Å². The Morgan fingerprint density at radius 2 is 2.05 bits per heavy atom. The van der Waals surface area contributed by atoms with Crippen molar-refractivity contribution in [3.05, 3.63) is 50.9 Å². The SMILES string of the molecule is CNCc1sccc1S(=O)(=O)NCc1ccc(F)c(Cl)c1. The molecule has 2 rings (SSSR count). The summed E-state index contributed by atoms with van der Waals surface area (Å²) in [7, 11) is -1.85. The number of hydrogen-bond acceptors (Lipinski definition) is 4. The van der Waals surface area contributed by atoms with Crippen LogP contribution in [0, 0.1) is 5.82 Å². The maximum absolute atomic E-state index is 13.1. The molecular weight excluding hydrogens is 335 g/mol. The van der Waals surface area contributed by atoms with Crippen LogP contribution in [0.2, 0.25) is 5.02 Å². The predicted octanol–water partition coefficient (Wildman–Crippen LogP) is 2.74. The lowest BCUT2D eigenvalue weighted by Gasteiger charge is -2.08. The van der Waals surface area contributed by atoms with Gasteiger partial charge in [0.1, 0.15) is 5.82 Å². The van der Waals surface area contributed by atoms with Crippen LogP contribution in [0.15, 0.2) is 34.5 Å². The summed E-state index contributed by atoms with van der Waals surface area (Å²) in [5, 5.41) is 4.63. The van der Waals surface area contributed by atoms with Crippen LogP contribution in [0.5, 0.6) is 0 Å². The molecule has 21 heavy (non-hydrogen) atoms. The number of benzene rings is 1. The summed E-state index contributed by atoms with van der Waals surface area (Å²) in [4.78, 5) is 0.997. The number of rotatable bonds is 6. The van der Waals surface area contributed by atoms with Gasteiger partial charge in [-0.3, -0.25) is 0 Å². The van der Waals surface area contributed by atoms with Crippen molar-refractivity contribution in [3.8, 4) is 0 Å². The molecule has 0 saturated heterocycles. The highest BCUT2D eigenvalue weighted by Gasteiger charge is 2.19. The second kappa shape index (κ2) is 6.85. The average Bonchev–Trinajstić information content (AvgIpc) is 2.90. The molecular formula is C13H14ClFN2O2S2. The summed E-state index contributed by atoms with van der Waals surface area (Å²) in [5.41, 5.74) is 0.593. The van der Waals surface area contributed by atoms with Crippen LogP contribution < -0.4 is 10.0 Å². The van der Waals surface area contributed by atoms with E-state index < -0.39 is 15.8 Å². The minimum absolute atomic E-state index is 0.0295. The monoisotopic (exact) mass is 348 g/mol. The number of sulfonamides is 1. The standard InChI is InChI=1S/C13H14ClFN2O2S2/c1-16-8-12-13(4-5-20-12)21(18,19)17-7-9-2-3-11(15)10(14)6-9/h2-6,16-17H,7-8H2,1H3. The highest BCUT2D eigenvalue weighted by molar-refractivity contribution is 7.89. The largest absolute Gasteiger partial charge is 0.315 e. The molecule has 2 aromatic rings. The van der Waals surface area contributed by atoms with Crippen LogP contribution in [-0.2, 0) is 23.1 Å². The predicted molar refractivity (Wildman–Crippen MR) is 82.5 cm³/mol. The number of nitrogens with one attached hydrogen (secondary N) is 2. The van der Waals surface area contributed by atoms with E-state index in [1.54, 1.807) is 18.5 Å². The molecule has 0 aliphatic heterocycles. The van der Waals surface area contributed by atoms with Gasteiger partial charge in [0, 0.05) is 18.0 Å². The fourth-order valence-electron chi connectivity index (χ4n) is 1.76. The van der Waals surface area contributed by atoms with E-state index in [4.69, 9.17) is 11.6 Å². The van der Waals surface area contributed by atoms with Gasteiger partial charge in [-0.15, -0.1) is 11.3 Å². The lowest BCUT2D eigenvalue weighted by Crippen LogP contribution is -2.24. The number of thiophene rings is 1. The lowest BCUT2D eigenvalue weighted by atomic mass is 10.2. The first-order valence-electron chi connectivity index (χ1n) is 6.08. The Labute approximate surface area is 132 Å². The summed E-state index contributed by atoms with van der Waals surface area (Å²) in [6.45, 7) is 0.535. The van der Waals surface area contributed by atoms with Gasteiger partial charge in [0.25, 0.3) is 0 Å². The zero-order valence-corrected chi connectivity index (χ0v) is 13.6. The van der Waals surface area contributed by atoms with E-state index in [-0.39, 0.29) is 16.5 Å². The lowest BCUT2D eigenvalue weighted by molar-refractivity contribution is 0.580. The van der Waals surface area contributed by atoms with Crippen molar-refractivity contribution in [1.82, 2.24) is 10.0 Å². The Hall–Kier alpha value is -0.990. The van der Waals surface area contributed by atoms with Crippen molar-refractivity contribution >= 4 is 33.0 Å². The second-order valence-electron chi connectivity index (χ2n) is 4.31. The van der Waals surface area contributed by atoms with Gasteiger partial charge < -0.3 is 5.32 Å². The van der Waals surface area contributed by atoms with E-state index in [2.05, 4.69) is 10.0 Å². The highest BCUT2D eigenvalue weighted by atomic mass is 35.5. The molecule has 0 bridgehead atoms. The van der Waals surface area contributed by atoms with Gasteiger partial charge in [-0.25, -0.2) is 17.5 Å². The minimum Gasteiger partial charge on any atom is -0.315 e. The Balaban J connectivity index is 2.14. The topological polar surface area (TPSA) is 58.2 Å². The summed E-state index contributed by atoms with van der Waals surface area (Å²) in [6.07, 6.45) is 0. The second-order valence-corrected chi connectivity index (χ2v) is 7.45. The van der Waals surface area contributed by atoms with Crippen LogP contribution in [0.4, 0.5) is 4.39 Å². The summed E-state index contributed by atoms with van der Waals surface area (Å²) >= 11 is 7.05. The van der Waals surface area contributed by atoms with Gasteiger partial charge in [-0.2, -0.15) is 0 Å². The van der Waals surface area contributed by atoms with Crippen molar-refractivity contribution in [2.45, 2.75) is 18.0 Å². The van der Waals surface area contributed by atoms with Gasteiger partial charge in [-0.05, 0) is 36.2 Å². The number of halogens is 2. The maximum Gasteiger partial charge on any atom is 0.242 e. The highest BCUT2D eigenvalue weighted by Crippen LogP contribution is 2.22. The molecule has 1 aromatic heterocycles. The normalized spacial score (nSPS) is 11.8. The van der Waals surface area contributed by atoms with Gasteiger partial charge in [-0.1, -0.05) is 17.7 Å². The van der Waals surface area contributed by atoms with E-state index in [1.165, 1.54) is 29.5 Å². The van der Waals surface area contributed by atoms with Crippen molar-refractivity contribution < 1.29 is 12.8 Å². The summed E-state index contributed by atoms with van der Waals surface area (Å²) in [5.74, 6) is -0.530. The van der Waals surface area contributed by atoms with Crippen molar-refractivity contribution in [2.24, 2.45) is 0 Å². The molecule has 0 aliphatic rings. The van der Waals surface area contributed by atoms with Gasteiger partial charge in [0.15, 0.2) is 0 Å². The molecule has 0 spiro atoms. The quantitative estimate of drug-likeness (QED) is 0.844. The molecule has 0 unspecified atom stereocenters. The third-order valence-corrected chi connectivity index (χ3v) is 5.61. The van der Waals surface area contributed by atoms with Gasteiger partial charge >= 0.3 is 0 Å². The van der Waals surface area contributed by atoms with E-state index >= 15 is 0 Å². The van der Waals surface area contributed by atoms with Crippen molar-refractivity contribution in [3.63, 3.8) is 0 Å². The van der Waals surface area contributed by atoms with Crippen LogP contribution in [-0.4, -0.2) is 15.5 Å². The minimum atomic E-state index is -3.61. The molecule has 0 fully saturated rings. The van der Waals surface area contributed by atoms with Crippen LogP contribution >= 0.6 is 22.9 Å². The fraction of sp³-hybridized carbons (Fsp3) is 0.231. The molecule has 2 N–H and O–H groups in total. The zero-order valence-electron chi connectivity index (χ0n) is 11.2. The Morgan fingerprint density at radius 3 is 2.71 bits per heavy atom. The fourth-order valence-corrected chi connectivity index (χ4v) is 4.44. The van der Waals surface area contributed by atoms with Crippen LogP contribution in [0.3, 0.4) is 0 Å². The zero-order chi connectivity index (χ0) is 15.5. The van der Waals surface area contributed by atoms with Gasteiger partial charge in [0.2, 0.25) is 10.0 Å². The van der Waals surface area contributed by atoms with E-state index in [0.717, 1.165) is 4.88 Å². The molecule has 4 nitrogen and oxygen atoms in total. The molecule has 114 valence electrons. The van der Waals surface area contributed by atoms with Crippen molar-refractivity contribution in [2.75, 3.05) is 7.05 Å².